The highest BCUT2D eigenvalue weighted by atomic mass is 16.5. The van der Waals surface area contributed by atoms with Crippen molar-refractivity contribution < 1.29 is 23.5 Å². The van der Waals surface area contributed by atoms with E-state index >= 15 is 0 Å². The summed E-state index contributed by atoms with van der Waals surface area (Å²) in [6.07, 6.45) is 0. The lowest BCUT2D eigenvalue weighted by atomic mass is 9.94. The molecule has 2 aromatic carbocycles. The minimum atomic E-state index is -0.472. The number of ether oxygens (including phenoxy) is 3. The SMILES string of the molecule is CCOc1ccc(C2NC(=O)N(CCOC)C(C)=C2c2nc(-c3cccc(OC)c3)no2)cc1. The first-order chi connectivity index (χ1) is 16.5. The van der Waals surface area contributed by atoms with Crippen molar-refractivity contribution in [3.8, 4) is 22.9 Å². The molecule has 0 radical (unpaired) electrons. The number of urea groups is 1. The lowest BCUT2D eigenvalue weighted by Crippen LogP contribution is -2.47. The van der Waals surface area contributed by atoms with E-state index < -0.39 is 6.04 Å². The molecule has 1 aromatic heterocycles. The summed E-state index contributed by atoms with van der Waals surface area (Å²) in [5.74, 6) is 2.22. The molecule has 9 nitrogen and oxygen atoms in total. The summed E-state index contributed by atoms with van der Waals surface area (Å²) in [5, 5.41) is 7.27. The summed E-state index contributed by atoms with van der Waals surface area (Å²) in [6.45, 7) is 5.17. The van der Waals surface area contributed by atoms with E-state index in [0.29, 0.717) is 37.2 Å². The maximum atomic E-state index is 13.0. The number of hydrogen-bond acceptors (Lipinski definition) is 7. The van der Waals surface area contributed by atoms with Crippen LogP contribution in [0.25, 0.3) is 17.0 Å². The van der Waals surface area contributed by atoms with Crippen LogP contribution >= 0.6 is 0 Å². The minimum Gasteiger partial charge on any atom is -0.497 e. The Morgan fingerprint density at radius 2 is 1.91 bits per heavy atom. The molecule has 0 aliphatic carbocycles. The third kappa shape index (κ3) is 4.74. The van der Waals surface area contributed by atoms with Crippen molar-refractivity contribution in [2.75, 3.05) is 34.0 Å². The second-order valence-corrected chi connectivity index (χ2v) is 7.68. The lowest BCUT2D eigenvalue weighted by Gasteiger charge is -2.35. The van der Waals surface area contributed by atoms with Crippen molar-refractivity contribution in [2.24, 2.45) is 0 Å². The van der Waals surface area contributed by atoms with Crippen LogP contribution in [0.5, 0.6) is 11.5 Å². The highest BCUT2D eigenvalue weighted by Crippen LogP contribution is 2.37. The molecule has 0 fully saturated rings. The average molecular weight is 465 g/mol. The van der Waals surface area contributed by atoms with Crippen molar-refractivity contribution in [1.29, 1.82) is 0 Å². The van der Waals surface area contributed by atoms with E-state index in [1.54, 1.807) is 19.1 Å². The zero-order valence-electron chi connectivity index (χ0n) is 19.7. The summed E-state index contributed by atoms with van der Waals surface area (Å²) in [4.78, 5) is 19.2. The van der Waals surface area contributed by atoms with Gasteiger partial charge in [-0.15, -0.1) is 0 Å². The van der Waals surface area contributed by atoms with Crippen LogP contribution in [-0.2, 0) is 4.74 Å². The summed E-state index contributed by atoms with van der Waals surface area (Å²) in [6, 6.07) is 14.4. The Bertz CT molecular complexity index is 1170. The number of benzene rings is 2. The number of methoxy groups -OCH3 is 2. The summed E-state index contributed by atoms with van der Waals surface area (Å²) in [5.41, 5.74) is 3.09. The molecule has 2 amide bonds. The first-order valence-corrected chi connectivity index (χ1v) is 11.0. The number of amides is 2. The predicted molar refractivity (Wildman–Crippen MR) is 126 cm³/mol. The summed E-state index contributed by atoms with van der Waals surface area (Å²) in [7, 11) is 3.21. The van der Waals surface area contributed by atoms with Crippen LogP contribution in [0, 0.1) is 0 Å². The van der Waals surface area contributed by atoms with Gasteiger partial charge in [0.1, 0.15) is 11.5 Å². The molecule has 3 aromatic rings. The molecular formula is C25H28N4O5. The van der Waals surface area contributed by atoms with E-state index in [4.69, 9.17) is 18.7 Å². The van der Waals surface area contributed by atoms with Crippen LogP contribution in [0.3, 0.4) is 0 Å². The molecule has 9 heteroatoms. The number of rotatable bonds is 9. The molecule has 1 unspecified atom stereocenters. The Morgan fingerprint density at radius 3 is 2.62 bits per heavy atom. The summed E-state index contributed by atoms with van der Waals surface area (Å²) >= 11 is 0. The Morgan fingerprint density at radius 1 is 1.12 bits per heavy atom. The fraction of sp³-hybridized carbons (Fsp3) is 0.320. The second kappa shape index (κ2) is 10.4. The molecule has 2 heterocycles. The number of nitrogens with one attached hydrogen (secondary N) is 1. The quantitative estimate of drug-likeness (QED) is 0.504. The fourth-order valence-corrected chi connectivity index (χ4v) is 3.90. The maximum Gasteiger partial charge on any atom is 0.322 e. The van der Waals surface area contributed by atoms with Crippen molar-refractivity contribution >= 4 is 11.6 Å². The minimum absolute atomic E-state index is 0.218. The molecule has 0 saturated heterocycles. The van der Waals surface area contributed by atoms with Crippen molar-refractivity contribution in [3.05, 3.63) is 65.7 Å². The number of aromatic nitrogens is 2. The monoisotopic (exact) mass is 464 g/mol. The number of carbonyl (C=O) groups is 1. The molecule has 0 bridgehead atoms. The normalized spacial score (nSPS) is 15.9. The van der Waals surface area contributed by atoms with E-state index in [-0.39, 0.29) is 6.03 Å². The van der Waals surface area contributed by atoms with Gasteiger partial charge in [-0.2, -0.15) is 4.98 Å². The van der Waals surface area contributed by atoms with Gasteiger partial charge in [0.2, 0.25) is 5.82 Å². The third-order valence-electron chi connectivity index (χ3n) is 5.62. The fourth-order valence-electron chi connectivity index (χ4n) is 3.90. The molecular weight excluding hydrogens is 436 g/mol. The molecule has 1 N–H and O–H groups in total. The van der Waals surface area contributed by atoms with Gasteiger partial charge in [0, 0.05) is 18.4 Å². The van der Waals surface area contributed by atoms with E-state index in [0.717, 1.165) is 28.1 Å². The van der Waals surface area contributed by atoms with Crippen LogP contribution < -0.4 is 14.8 Å². The number of carbonyl (C=O) groups excluding carboxylic acids is 1. The van der Waals surface area contributed by atoms with Crippen LogP contribution in [0.1, 0.15) is 31.3 Å². The van der Waals surface area contributed by atoms with E-state index in [9.17, 15) is 4.79 Å². The molecule has 0 saturated carbocycles. The Labute approximate surface area is 198 Å². The molecule has 178 valence electrons. The standard InChI is InChI=1S/C25H28N4O5/c1-5-33-19-11-9-17(10-12-19)22-21(16(2)29(13-14-31-3)25(30)26-22)24-27-23(28-34-24)18-7-6-8-20(15-18)32-4/h6-12,15,22H,5,13-14H2,1-4H3,(H,26,30). The molecule has 0 spiro atoms. The van der Waals surface area contributed by atoms with Gasteiger partial charge in [0.25, 0.3) is 5.89 Å². The van der Waals surface area contributed by atoms with Gasteiger partial charge in [-0.25, -0.2) is 4.79 Å². The molecule has 1 atom stereocenters. The molecule has 1 aliphatic heterocycles. The van der Waals surface area contributed by atoms with Crippen molar-refractivity contribution in [1.82, 2.24) is 20.4 Å². The zero-order valence-corrected chi connectivity index (χ0v) is 19.7. The smallest absolute Gasteiger partial charge is 0.322 e. The van der Waals surface area contributed by atoms with E-state index in [1.807, 2.05) is 62.4 Å². The third-order valence-corrected chi connectivity index (χ3v) is 5.62. The first-order valence-electron chi connectivity index (χ1n) is 11.0. The molecule has 4 rings (SSSR count). The largest absolute Gasteiger partial charge is 0.497 e. The second-order valence-electron chi connectivity index (χ2n) is 7.68. The van der Waals surface area contributed by atoms with Crippen molar-refractivity contribution in [3.63, 3.8) is 0 Å². The summed E-state index contributed by atoms with van der Waals surface area (Å²) < 4.78 is 21.8. The number of hydrogen-bond donors (Lipinski definition) is 1. The predicted octanol–water partition coefficient (Wildman–Crippen LogP) is 4.29. The zero-order chi connectivity index (χ0) is 24.1. The maximum absolute atomic E-state index is 13.0. The molecule has 34 heavy (non-hydrogen) atoms. The highest BCUT2D eigenvalue weighted by Gasteiger charge is 2.35. The Balaban J connectivity index is 1.76. The highest BCUT2D eigenvalue weighted by molar-refractivity contribution is 5.86. The topological polar surface area (TPSA) is 99.0 Å². The van der Waals surface area contributed by atoms with Gasteiger partial charge in [-0.1, -0.05) is 29.4 Å². The van der Waals surface area contributed by atoms with Gasteiger partial charge >= 0.3 is 6.03 Å². The molecule has 1 aliphatic rings. The van der Waals surface area contributed by atoms with Gasteiger partial charge < -0.3 is 24.1 Å². The van der Waals surface area contributed by atoms with Gasteiger partial charge in [-0.3, -0.25) is 4.90 Å². The Hall–Kier alpha value is -3.85. The van der Waals surface area contributed by atoms with Crippen LogP contribution in [0.4, 0.5) is 4.79 Å². The van der Waals surface area contributed by atoms with Crippen LogP contribution in [-0.4, -0.2) is 55.0 Å². The first kappa shape index (κ1) is 23.3. The lowest BCUT2D eigenvalue weighted by molar-refractivity contribution is 0.158. The van der Waals surface area contributed by atoms with E-state index in [2.05, 4.69) is 15.5 Å². The van der Waals surface area contributed by atoms with Crippen LogP contribution in [0.2, 0.25) is 0 Å². The number of nitrogens with zero attached hydrogens (tertiary/aromatic N) is 3. The Kier molecular flexibility index (Phi) is 7.12. The van der Waals surface area contributed by atoms with Crippen LogP contribution in [0.15, 0.2) is 58.8 Å². The van der Waals surface area contributed by atoms with Gasteiger partial charge in [-0.05, 0) is 43.7 Å². The number of allylic oxidation sites excluding steroid dienone is 1. The average Bonchev–Trinajstić information content (AvgIpc) is 3.34. The van der Waals surface area contributed by atoms with Gasteiger partial charge in [0.15, 0.2) is 0 Å². The van der Waals surface area contributed by atoms with Crippen molar-refractivity contribution in [2.45, 2.75) is 19.9 Å². The van der Waals surface area contributed by atoms with E-state index in [1.165, 1.54) is 0 Å². The van der Waals surface area contributed by atoms with Gasteiger partial charge in [0.05, 0.1) is 38.5 Å².